The molecule has 0 fully saturated rings. The number of benzene rings is 8. The Labute approximate surface area is 412 Å². The van der Waals surface area contributed by atoms with Crippen LogP contribution in [-0.4, -0.2) is 4.57 Å². The summed E-state index contributed by atoms with van der Waals surface area (Å²) in [6, 6.07) is 66.8. The lowest BCUT2D eigenvalue weighted by Gasteiger charge is -2.31. The van der Waals surface area contributed by atoms with Crippen LogP contribution in [0.4, 0.5) is 17.1 Å². The van der Waals surface area contributed by atoms with Crippen LogP contribution in [-0.2, 0) is 12.8 Å². The molecule has 1 aliphatic rings. The Morgan fingerprint density at radius 2 is 1.39 bits per heavy atom. The highest BCUT2D eigenvalue weighted by Gasteiger charge is 2.24. The molecule has 0 spiro atoms. The van der Waals surface area contributed by atoms with E-state index in [1.807, 2.05) is 6.08 Å². The van der Waals surface area contributed by atoms with Crippen molar-refractivity contribution in [3.05, 3.63) is 245 Å². The highest BCUT2D eigenvalue weighted by Crippen LogP contribution is 2.48. The standard InChI is InChI=1S/C67H58N2O/c1-6-19-62-58(57-25-15-17-28-63(57)69(62)51-21-9-8-10-22-51)40-32-48-30-36-52(37-31-48)68(53-38-33-49(34-39-53)50-35-43-66-61(44-50)59-26-16-18-29-65(59)70-66)64-42-41-56(55-24-12-11-20-46(55)4)47(5)67(64)60-27-14-13-23-54(60)45(3)7-2/h6,8-17,19-28,30-31,33-45H,1,7,18,29,32H2,2-5H3/b58-40-,62-19+. The van der Waals surface area contributed by atoms with E-state index in [0.29, 0.717) is 5.92 Å². The number of para-hydroxylation sites is 2. The van der Waals surface area contributed by atoms with E-state index in [2.05, 4.69) is 250 Å². The van der Waals surface area contributed by atoms with Crippen molar-refractivity contribution < 1.29 is 4.42 Å². The van der Waals surface area contributed by atoms with Gasteiger partial charge in [-0.05, 0) is 156 Å². The van der Waals surface area contributed by atoms with Gasteiger partial charge in [0, 0.05) is 50.6 Å². The predicted molar refractivity (Wildman–Crippen MR) is 298 cm³/mol. The molecule has 0 N–H and O–H groups in total. The molecule has 0 radical (unpaired) electrons. The van der Waals surface area contributed by atoms with Gasteiger partial charge in [0.1, 0.15) is 11.3 Å². The molecule has 1 atom stereocenters. The Morgan fingerprint density at radius 1 is 0.686 bits per heavy atom. The molecule has 11 rings (SSSR count). The third-order valence-electron chi connectivity index (χ3n) is 14.6. The molecule has 0 saturated heterocycles. The highest BCUT2D eigenvalue weighted by molar-refractivity contribution is 5.96. The number of hydrogen-bond donors (Lipinski definition) is 0. The van der Waals surface area contributed by atoms with Gasteiger partial charge in [-0.15, -0.1) is 0 Å². The molecule has 3 nitrogen and oxygen atoms in total. The average Bonchev–Trinajstić information content (AvgIpc) is 3.94. The number of nitrogens with zero attached hydrogens (tertiary/aromatic N) is 2. The van der Waals surface area contributed by atoms with Crippen molar-refractivity contribution in [3.8, 4) is 39.1 Å². The SMILES string of the molecule is C=C/C=c1\c(=C/Cc2ccc(N(c3ccc(-c4ccc5oc6c(c5c4)C=CCC6)cc3)c3ccc(-c4ccccc4C)c(C)c3-c3ccccc3C(C)CC)cc2)c2ccccc2n1-c1ccccc1. The van der Waals surface area contributed by atoms with Crippen molar-refractivity contribution in [2.45, 2.75) is 59.3 Å². The number of allylic oxidation sites excluding steroid dienone is 2. The summed E-state index contributed by atoms with van der Waals surface area (Å²) in [5, 5.41) is 4.74. The number of rotatable bonds is 12. The van der Waals surface area contributed by atoms with Crippen LogP contribution in [0.15, 0.2) is 205 Å². The maximum Gasteiger partial charge on any atom is 0.134 e. The minimum absolute atomic E-state index is 0.383. The number of furan rings is 1. The molecule has 70 heavy (non-hydrogen) atoms. The summed E-state index contributed by atoms with van der Waals surface area (Å²) >= 11 is 0. The fourth-order valence-corrected chi connectivity index (χ4v) is 10.8. The third kappa shape index (κ3) is 8.12. The van der Waals surface area contributed by atoms with Crippen molar-refractivity contribution in [1.29, 1.82) is 0 Å². The molecule has 2 aromatic heterocycles. The van der Waals surface area contributed by atoms with E-state index in [9.17, 15) is 0 Å². The Bertz CT molecular complexity index is 3720. The van der Waals surface area contributed by atoms with Gasteiger partial charge in [-0.3, -0.25) is 0 Å². The first-order chi connectivity index (χ1) is 34.4. The van der Waals surface area contributed by atoms with Crippen LogP contribution < -0.4 is 15.5 Å². The van der Waals surface area contributed by atoms with E-state index < -0.39 is 0 Å². The summed E-state index contributed by atoms with van der Waals surface area (Å²) in [6.07, 6.45) is 14.7. The molecule has 10 aromatic rings. The summed E-state index contributed by atoms with van der Waals surface area (Å²) in [4.78, 5) is 2.47. The van der Waals surface area contributed by atoms with Crippen LogP contribution in [0.2, 0.25) is 0 Å². The van der Waals surface area contributed by atoms with Gasteiger partial charge in [0.05, 0.1) is 16.6 Å². The second-order valence-electron chi connectivity index (χ2n) is 18.8. The molecule has 3 heteroatoms. The minimum Gasteiger partial charge on any atom is -0.460 e. The molecular formula is C67H58N2O. The van der Waals surface area contributed by atoms with Crippen LogP contribution in [0.25, 0.3) is 79.2 Å². The van der Waals surface area contributed by atoms with Gasteiger partial charge in [-0.2, -0.15) is 0 Å². The van der Waals surface area contributed by atoms with E-state index in [4.69, 9.17) is 4.42 Å². The lowest BCUT2D eigenvalue weighted by Crippen LogP contribution is -2.28. The lowest BCUT2D eigenvalue weighted by atomic mass is 9.84. The van der Waals surface area contributed by atoms with Gasteiger partial charge in [0.15, 0.2) is 0 Å². The molecule has 2 heterocycles. The number of fused-ring (bicyclic) bond motifs is 4. The molecule has 8 aromatic carbocycles. The van der Waals surface area contributed by atoms with Crippen LogP contribution >= 0.6 is 0 Å². The maximum atomic E-state index is 6.29. The van der Waals surface area contributed by atoms with Crippen molar-refractivity contribution in [1.82, 2.24) is 4.57 Å². The van der Waals surface area contributed by atoms with E-state index >= 15 is 0 Å². The number of aryl methyl sites for hydroxylation is 2. The Kier molecular flexibility index (Phi) is 12.1. The van der Waals surface area contributed by atoms with Crippen molar-refractivity contribution in [2.24, 2.45) is 0 Å². The molecule has 0 amide bonds. The van der Waals surface area contributed by atoms with Gasteiger partial charge in [0.2, 0.25) is 0 Å². The van der Waals surface area contributed by atoms with Crippen LogP contribution in [0.3, 0.4) is 0 Å². The van der Waals surface area contributed by atoms with Crippen LogP contribution in [0.5, 0.6) is 0 Å². The normalized spacial score (nSPS) is 13.3. The molecule has 0 saturated carbocycles. The number of hydrogen-bond acceptors (Lipinski definition) is 2. The first-order valence-corrected chi connectivity index (χ1v) is 24.9. The zero-order chi connectivity index (χ0) is 47.7. The van der Waals surface area contributed by atoms with E-state index in [1.165, 1.54) is 82.7 Å². The summed E-state index contributed by atoms with van der Waals surface area (Å²) in [6.45, 7) is 13.3. The van der Waals surface area contributed by atoms with Crippen LogP contribution in [0.1, 0.15) is 66.2 Å². The Morgan fingerprint density at radius 3 is 2.16 bits per heavy atom. The maximum absolute atomic E-state index is 6.29. The van der Waals surface area contributed by atoms with Crippen molar-refractivity contribution in [2.75, 3.05) is 4.90 Å². The zero-order valence-electron chi connectivity index (χ0n) is 40.6. The molecule has 0 aliphatic heterocycles. The summed E-state index contributed by atoms with van der Waals surface area (Å²) in [5.74, 6) is 1.47. The smallest absolute Gasteiger partial charge is 0.134 e. The summed E-state index contributed by atoms with van der Waals surface area (Å²) in [5.41, 5.74) is 20.3. The van der Waals surface area contributed by atoms with E-state index in [0.717, 1.165) is 65.1 Å². The monoisotopic (exact) mass is 906 g/mol. The first-order valence-electron chi connectivity index (χ1n) is 24.9. The predicted octanol–water partition coefficient (Wildman–Crippen LogP) is 16.9. The second kappa shape index (κ2) is 19.1. The fourth-order valence-electron chi connectivity index (χ4n) is 10.8. The average molecular weight is 907 g/mol. The molecule has 342 valence electrons. The van der Waals surface area contributed by atoms with Crippen molar-refractivity contribution >= 4 is 57.2 Å². The molecule has 1 unspecified atom stereocenters. The first kappa shape index (κ1) is 44.4. The lowest BCUT2D eigenvalue weighted by molar-refractivity contribution is 0.546. The Balaban J connectivity index is 1.06. The molecule has 1 aliphatic carbocycles. The van der Waals surface area contributed by atoms with E-state index in [-0.39, 0.29) is 0 Å². The third-order valence-corrected chi connectivity index (χ3v) is 14.6. The number of anilines is 3. The van der Waals surface area contributed by atoms with Gasteiger partial charge >= 0.3 is 0 Å². The molecule has 0 bridgehead atoms. The largest absolute Gasteiger partial charge is 0.460 e. The van der Waals surface area contributed by atoms with Crippen molar-refractivity contribution in [3.63, 3.8) is 0 Å². The fraction of sp³-hybridized carbons (Fsp3) is 0.134. The van der Waals surface area contributed by atoms with Gasteiger partial charge < -0.3 is 13.9 Å². The summed E-state index contributed by atoms with van der Waals surface area (Å²) in [7, 11) is 0. The van der Waals surface area contributed by atoms with E-state index in [1.54, 1.807) is 0 Å². The van der Waals surface area contributed by atoms with Gasteiger partial charge in [-0.1, -0.05) is 166 Å². The highest BCUT2D eigenvalue weighted by atomic mass is 16.3. The Hall–Kier alpha value is -8.14. The second-order valence-corrected chi connectivity index (χ2v) is 18.8. The topological polar surface area (TPSA) is 21.3 Å². The quantitative estimate of drug-likeness (QED) is 0.122. The molecular weight excluding hydrogens is 849 g/mol. The zero-order valence-corrected chi connectivity index (χ0v) is 40.6. The van der Waals surface area contributed by atoms with Gasteiger partial charge in [0.25, 0.3) is 0 Å². The minimum atomic E-state index is 0.383. The number of aromatic nitrogens is 1. The van der Waals surface area contributed by atoms with Crippen LogP contribution in [0, 0.1) is 13.8 Å². The van der Waals surface area contributed by atoms with Gasteiger partial charge in [-0.25, -0.2) is 0 Å². The summed E-state index contributed by atoms with van der Waals surface area (Å²) < 4.78 is 8.64.